The summed E-state index contributed by atoms with van der Waals surface area (Å²) in [6, 6.07) is 18.9. The van der Waals surface area contributed by atoms with E-state index in [9.17, 15) is 4.79 Å². The monoisotopic (exact) mass is 453 g/mol. The van der Waals surface area contributed by atoms with Crippen LogP contribution >= 0.6 is 0 Å². The lowest BCUT2D eigenvalue weighted by Gasteiger charge is -2.34. The molecule has 1 fully saturated rings. The molecule has 0 spiro atoms. The Morgan fingerprint density at radius 2 is 1.68 bits per heavy atom. The lowest BCUT2D eigenvalue weighted by molar-refractivity contribution is 0.0827. The van der Waals surface area contributed by atoms with Crippen molar-refractivity contribution in [2.24, 2.45) is 0 Å². The molecule has 5 rings (SSSR count). The number of pyridine rings is 1. The molecule has 6 nitrogen and oxygen atoms in total. The number of hydrogen-bond acceptors (Lipinski definition) is 4. The summed E-state index contributed by atoms with van der Waals surface area (Å²) in [5, 5.41) is 1.13. The fourth-order valence-corrected chi connectivity index (χ4v) is 4.53. The molecule has 1 aliphatic rings. The highest BCUT2D eigenvalue weighted by Crippen LogP contribution is 2.28. The highest BCUT2D eigenvalue weighted by Gasteiger charge is 2.15. The highest BCUT2D eigenvalue weighted by molar-refractivity contribution is 5.94. The maximum atomic E-state index is 12.2. The Kier molecular flexibility index (Phi) is 6.07. The van der Waals surface area contributed by atoms with Crippen LogP contribution < -0.4 is 4.90 Å². The van der Waals surface area contributed by atoms with Crippen LogP contribution in [0.5, 0.6) is 0 Å². The Morgan fingerprint density at radius 1 is 0.971 bits per heavy atom. The van der Waals surface area contributed by atoms with Gasteiger partial charge in [-0.25, -0.2) is 4.98 Å². The number of carbonyl (C=O) groups is 1. The third kappa shape index (κ3) is 4.54. The summed E-state index contributed by atoms with van der Waals surface area (Å²) < 4.78 is 0. The molecule has 0 unspecified atom stereocenters. The van der Waals surface area contributed by atoms with E-state index in [0.29, 0.717) is 5.56 Å². The number of nitrogens with zero attached hydrogens (tertiary/aromatic N) is 4. The number of carbonyl (C=O) groups excluding carboxylic acids is 1. The predicted octanol–water partition coefficient (Wildman–Crippen LogP) is 4.27. The molecule has 4 aromatic rings. The number of amides is 1. The number of aromatic amines is 1. The molecular weight excluding hydrogens is 422 g/mol. The average Bonchev–Trinajstić information content (AvgIpc) is 3.26. The number of piperazine rings is 1. The zero-order valence-corrected chi connectivity index (χ0v) is 20.1. The van der Waals surface area contributed by atoms with E-state index in [4.69, 9.17) is 0 Å². The van der Waals surface area contributed by atoms with Crippen molar-refractivity contribution in [1.29, 1.82) is 0 Å². The van der Waals surface area contributed by atoms with Crippen molar-refractivity contribution < 1.29 is 4.79 Å². The molecular formula is C28H31N5O. The molecule has 1 saturated heterocycles. The van der Waals surface area contributed by atoms with Crippen molar-refractivity contribution in [2.75, 3.05) is 52.2 Å². The number of fused-ring (bicyclic) bond motifs is 1. The van der Waals surface area contributed by atoms with Gasteiger partial charge in [0.05, 0.1) is 0 Å². The Labute approximate surface area is 200 Å². The molecule has 1 amide bonds. The Bertz CT molecular complexity index is 1280. The Hall–Kier alpha value is -3.64. The van der Waals surface area contributed by atoms with Crippen molar-refractivity contribution >= 4 is 22.6 Å². The standard InChI is InChI=1S/C28H31N5O/c1-31(2)28(34)22-6-4-20(5-7-22)16-24-19-30-27-26(24)17-23(18-29-27)21-8-10-25(11-9-21)33-14-12-32(3)13-15-33/h4-11,17-19H,12-16H2,1-3H3,(H,29,30). The van der Waals surface area contributed by atoms with Gasteiger partial charge in [0.25, 0.3) is 5.91 Å². The second kappa shape index (κ2) is 9.31. The number of anilines is 1. The predicted molar refractivity (Wildman–Crippen MR) is 139 cm³/mol. The number of nitrogens with one attached hydrogen (secondary N) is 1. The van der Waals surface area contributed by atoms with Crippen LogP contribution in [0.3, 0.4) is 0 Å². The average molecular weight is 454 g/mol. The van der Waals surface area contributed by atoms with Crippen LogP contribution in [0.15, 0.2) is 67.0 Å². The van der Waals surface area contributed by atoms with Crippen molar-refractivity contribution in [3.8, 4) is 11.1 Å². The van der Waals surface area contributed by atoms with Gasteiger partial charge in [0.1, 0.15) is 5.65 Å². The van der Waals surface area contributed by atoms with Crippen LogP contribution in [-0.4, -0.2) is 73.0 Å². The number of hydrogen-bond donors (Lipinski definition) is 1. The fourth-order valence-electron chi connectivity index (χ4n) is 4.53. The van der Waals surface area contributed by atoms with Crippen molar-refractivity contribution in [1.82, 2.24) is 19.8 Å². The molecule has 174 valence electrons. The zero-order valence-electron chi connectivity index (χ0n) is 20.1. The first-order valence-corrected chi connectivity index (χ1v) is 11.8. The van der Waals surface area contributed by atoms with E-state index in [-0.39, 0.29) is 5.91 Å². The number of aromatic nitrogens is 2. The van der Waals surface area contributed by atoms with Crippen molar-refractivity contribution in [3.63, 3.8) is 0 Å². The SMILES string of the molecule is CN1CCN(c2ccc(-c3cnc4[nH]cc(Cc5ccc(C(=O)N(C)C)cc5)c4c3)cc2)CC1. The van der Waals surface area contributed by atoms with Crippen LogP contribution in [0.4, 0.5) is 5.69 Å². The first-order chi connectivity index (χ1) is 16.5. The molecule has 1 N–H and O–H groups in total. The van der Waals surface area contributed by atoms with Gasteiger partial charge < -0.3 is 19.7 Å². The molecule has 34 heavy (non-hydrogen) atoms. The van der Waals surface area contributed by atoms with Gasteiger partial charge in [0, 0.05) is 74.9 Å². The first-order valence-electron chi connectivity index (χ1n) is 11.8. The van der Waals surface area contributed by atoms with Crippen LogP contribution in [0.25, 0.3) is 22.2 Å². The fraction of sp³-hybridized carbons (Fsp3) is 0.286. The minimum Gasteiger partial charge on any atom is -0.369 e. The smallest absolute Gasteiger partial charge is 0.253 e. The summed E-state index contributed by atoms with van der Waals surface area (Å²) in [4.78, 5) is 26.6. The number of benzene rings is 2. The minimum atomic E-state index is 0.0196. The quantitative estimate of drug-likeness (QED) is 0.490. The maximum absolute atomic E-state index is 12.2. The van der Waals surface area contributed by atoms with E-state index >= 15 is 0 Å². The number of likely N-dealkylation sites (N-methyl/N-ethyl adjacent to an activating group) is 1. The number of H-pyrrole nitrogens is 1. The molecule has 2 aromatic carbocycles. The van der Waals surface area contributed by atoms with Crippen LogP contribution in [0, 0.1) is 0 Å². The third-order valence-electron chi connectivity index (χ3n) is 6.69. The molecule has 0 radical (unpaired) electrons. The van der Waals surface area contributed by atoms with E-state index in [2.05, 4.69) is 57.1 Å². The van der Waals surface area contributed by atoms with E-state index in [0.717, 1.165) is 54.8 Å². The van der Waals surface area contributed by atoms with Gasteiger partial charge in [-0.05, 0) is 60.5 Å². The molecule has 3 heterocycles. The van der Waals surface area contributed by atoms with E-state index in [1.54, 1.807) is 19.0 Å². The van der Waals surface area contributed by atoms with Gasteiger partial charge in [-0.2, -0.15) is 0 Å². The summed E-state index contributed by atoms with van der Waals surface area (Å²) in [5.41, 5.74) is 7.53. The van der Waals surface area contributed by atoms with E-state index in [1.165, 1.54) is 16.8 Å². The van der Waals surface area contributed by atoms with Crippen molar-refractivity contribution in [2.45, 2.75) is 6.42 Å². The second-order valence-electron chi connectivity index (χ2n) is 9.34. The van der Waals surface area contributed by atoms with Crippen LogP contribution in [-0.2, 0) is 6.42 Å². The number of rotatable bonds is 5. The van der Waals surface area contributed by atoms with Crippen LogP contribution in [0.1, 0.15) is 21.5 Å². The lowest BCUT2D eigenvalue weighted by atomic mass is 10.0. The summed E-state index contributed by atoms with van der Waals surface area (Å²) in [6.07, 6.45) is 4.76. The molecule has 1 aliphatic heterocycles. The molecule has 0 aliphatic carbocycles. The lowest BCUT2D eigenvalue weighted by Crippen LogP contribution is -2.44. The Balaban J connectivity index is 1.35. The van der Waals surface area contributed by atoms with Gasteiger partial charge in [0.15, 0.2) is 0 Å². The summed E-state index contributed by atoms with van der Waals surface area (Å²) >= 11 is 0. The van der Waals surface area contributed by atoms with Gasteiger partial charge >= 0.3 is 0 Å². The first kappa shape index (κ1) is 22.2. The molecule has 2 aromatic heterocycles. The minimum absolute atomic E-state index is 0.0196. The van der Waals surface area contributed by atoms with Gasteiger partial charge in [-0.1, -0.05) is 24.3 Å². The summed E-state index contributed by atoms with van der Waals surface area (Å²) in [6.45, 7) is 4.35. The summed E-state index contributed by atoms with van der Waals surface area (Å²) in [7, 11) is 5.72. The Morgan fingerprint density at radius 3 is 2.35 bits per heavy atom. The van der Waals surface area contributed by atoms with Gasteiger partial charge in [0.2, 0.25) is 0 Å². The largest absolute Gasteiger partial charge is 0.369 e. The van der Waals surface area contributed by atoms with Crippen LogP contribution in [0.2, 0.25) is 0 Å². The van der Waals surface area contributed by atoms with Crippen molar-refractivity contribution in [3.05, 3.63) is 83.7 Å². The maximum Gasteiger partial charge on any atom is 0.253 e. The molecule has 0 saturated carbocycles. The normalized spacial score (nSPS) is 14.5. The second-order valence-corrected chi connectivity index (χ2v) is 9.34. The summed E-state index contributed by atoms with van der Waals surface area (Å²) in [5.74, 6) is 0.0196. The van der Waals surface area contributed by atoms with Gasteiger partial charge in [-0.15, -0.1) is 0 Å². The molecule has 6 heteroatoms. The van der Waals surface area contributed by atoms with Gasteiger partial charge in [-0.3, -0.25) is 4.79 Å². The topological polar surface area (TPSA) is 55.5 Å². The molecule has 0 atom stereocenters. The molecule has 0 bridgehead atoms. The van der Waals surface area contributed by atoms with E-state index < -0.39 is 0 Å². The zero-order chi connectivity index (χ0) is 23.7. The van der Waals surface area contributed by atoms with E-state index in [1.807, 2.05) is 36.7 Å². The third-order valence-corrected chi connectivity index (χ3v) is 6.69. The highest BCUT2D eigenvalue weighted by atomic mass is 16.2.